The molecule has 0 atom stereocenters. The molecule has 0 aliphatic carbocycles. The Labute approximate surface area is 308 Å². The molecule has 0 saturated heterocycles. The van der Waals surface area contributed by atoms with E-state index >= 15 is 0 Å². The molecule has 0 saturated carbocycles. The van der Waals surface area contributed by atoms with Crippen molar-refractivity contribution in [1.82, 2.24) is 0 Å². The second-order valence-electron chi connectivity index (χ2n) is 11.1. The smallest absolute Gasteiger partial charge is 0.308 e. The first-order chi connectivity index (χ1) is 25.3. The number of furan rings is 2. The number of amides is 2. The monoisotopic (exact) mass is 768 g/mol. The summed E-state index contributed by atoms with van der Waals surface area (Å²) in [6.45, 7) is 1.27. The van der Waals surface area contributed by atoms with Gasteiger partial charge in [-0.05, 0) is 84.9 Å². The predicted octanol–water partition coefficient (Wildman–Crippen LogP) is 9.74. The number of nitrogens with one attached hydrogen (secondary N) is 2. The summed E-state index contributed by atoms with van der Waals surface area (Å²) < 4.78 is 70.5. The van der Waals surface area contributed by atoms with Crippen molar-refractivity contribution in [2.24, 2.45) is 0 Å². The summed E-state index contributed by atoms with van der Waals surface area (Å²) >= 11 is 11.9. The van der Waals surface area contributed by atoms with Crippen LogP contribution >= 0.6 is 23.2 Å². The van der Waals surface area contributed by atoms with Gasteiger partial charge in [-0.25, -0.2) is 17.6 Å². The van der Waals surface area contributed by atoms with Gasteiger partial charge in [0.05, 0.1) is 0 Å². The molecule has 0 fully saturated rings. The van der Waals surface area contributed by atoms with Crippen LogP contribution in [0.5, 0.6) is 11.5 Å². The molecule has 6 rings (SSSR count). The Kier molecular flexibility index (Phi) is 12.2. The van der Waals surface area contributed by atoms with E-state index < -0.39 is 52.4 Å². The number of phenols is 1. The number of esters is 1. The van der Waals surface area contributed by atoms with Gasteiger partial charge >= 0.3 is 5.97 Å². The Morgan fingerprint density at radius 2 is 1.08 bits per heavy atom. The van der Waals surface area contributed by atoms with Gasteiger partial charge in [0.1, 0.15) is 57.7 Å². The zero-order chi connectivity index (χ0) is 38.2. The molecule has 2 heterocycles. The highest BCUT2D eigenvalue weighted by Gasteiger charge is 2.19. The average Bonchev–Trinajstić information content (AvgIpc) is 3.78. The summed E-state index contributed by atoms with van der Waals surface area (Å²) in [5, 5.41) is 15.0. The van der Waals surface area contributed by atoms with Crippen LogP contribution in [-0.4, -0.2) is 22.9 Å². The van der Waals surface area contributed by atoms with Crippen LogP contribution in [0.3, 0.4) is 0 Å². The van der Waals surface area contributed by atoms with Crippen molar-refractivity contribution in [2.75, 3.05) is 10.6 Å². The summed E-state index contributed by atoms with van der Waals surface area (Å²) in [5.41, 5.74) is -0.00603. The molecule has 6 aromatic rings. The van der Waals surface area contributed by atoms with Crippen molar-refractivity contribution >= 4 is 52.4 Å². The molecule has 9 nitrogen and oxygen atoms in total. The fourth-order valence-corrected chi connectivity index (χ4v) is 5.18. The number of halogens is 6. The lowest BCUT2D eigenvalue weighted by atomic mass is 10.1. The van der Waals surface area contributed by atoms with E-state index in [4.69, 9.17) is 36.8 Å². The second kappa shape index (κ2) is 17.0. The number of hydrogen-bond acceptors (Lipinski definition) is 7. The van der Waals surface area contributed by atoms with Crippen LogP contribution in [0.25, 0.3) is 0 Å². The zero-order valence-electron chi connectivity index (χ0n) is 27.3. The molecule has 4 aromatic carbocycles. The van der Waals surface area contributed by atoms with Crippen LogP contribution in [-0.2, 0) is 17.6 Å². The minimum absolute atomic E-state index is 0.0419. The zero-order valence-corrected chi connectivity index (χ0v) is 28.8. The number of carbonyl (C=O) groups is 3. The van der Waals surface area contributed by atoms with Crippen LogP contribution < -0.4 is 15.4 Å². The SMILES string of the molecule is CC(=O)Oc1ccc(Cl)cc1Cc1ccc(C(=O)Nc2c(F)cccc2F)o1.O=C(Nc1c(F)cccc1F)c1ccc(Cc2cc(Cl)ccc2O)o1. The molecule has 0 spiro atoms. The van der Waals surface area contributed by atoms with E-state index in [-0.39, 0.29) is 30.1 Å². The van der Waals surface area contributed by atoms with Gasteiger partial charge in [0, 0.05) is 40.9 Å². The van der Waals surface area contributed by atoms with Crippen molar-refractivity contribution < 1.29 is 50.6 Å². The highest BCUT2D eigenvalue weighted by atomic mass is 35.5. The topological polar surface area (TPSA) is 131 Å². The number of aromatic hydroxyl groups is 1. The number of benzene rings is 4. The molecule has 0 unspecified atom stereocenters. The minimum Gasteiger partial charge on any atom is -0.508 e. The van der Waals surface area contributed by atoms with E-state index in [0.717, 1.165) is 24.3 Å². The van der Waals surface area contributed by atoms with Gasteiger partial charge in [-0.15, -0.1) is 0 Å². The maximum Gasteiger partial charge on any atom is 0.308 e. The van der Waals surface area contributed by atoms with Crippen molar-refractivity contribution in [3.63, 3.8) is 0 Å². The summed E-state index contributed by atoms with van der Waals surface area (Å²) in [6, 6.07) is 21.7. The molecule has 15 heteroatoms. The molecule has 0 aliphatic rings. The largest absolute Gasteiger partial charge is 0.508 e. The van der Waals surface area contributed by atoms with E-state index in [2.05, 4.69) is 10.6 Å². The van der Waals surface area contributed by atoms with Gasteiger partial charge in [-0.2, -0.15) is 0 Å². The third-order valence-electron chi connectivity index (χ3n) is 7.22. The fraction of sp³-hybridized carbons (Fsp3) is 0.0789. The van der Waals surface area contributed by atoms with Crippen LogP contribution in [0.4, 0.5) is 28.9 Å². The van der Waals surface area contributed by atoms with Crippen LogP contribution in [0.15, 0.2) is 106 Å². The highest BCUT2D eigenvalue weighted by molar-refractivity contribution is 6.31. The van der Waals surface area contributed by atoms with Crippen LogP contribution in [0.1, 0.15) is 50.7 Å². The number of phenolic OH excluding ortho intramolecular Hbond substituents is 1. The molecule has 0 aliphatic heterocycles. The molecule has 2 amide bonds. The summed E-state index contributed by atoms with van der Waals surface area (Å²) in [5.74, 6) is -4.78. The molecule has 0 radical (unpaired) electrons. The Morgan fingerprint density at radius 3 is 1.55 bits per heavy atom. The van der Waals surface area contributed by atoms with Gasteiger partial charge in [0.2, 0.25) is 0 Å². The van der Waals surface area contributed by atoms with Crippen molar-refractivity contribution in [1.29, 1.82) is 0 Å². The Hall–Kier alpha value is -6.05. The molecule has 2 aromatic heterocycles. The van der Waals surface area contributed by atoms with Gasteiger partial charge in [0.15, 0.2) is 11.5 Å². The number of rotatable bonds is 9. The Bertz CT molecular complexity index is 2270. The van der Waals surface area contributed by atoms with Crippen molar-refractivity contribution in [3.05, 3.63) is 165 Å². The standard InChI is InChI=1S/C20H14ClF2NO4.C18H12ClF2NO3/c1-11(25)27-17-7-5-13(21)9-12(17)10-14-6-8-18(28-14)20(26)24-19-15(22)3-2-4-16(19)23;19-11-4-6-15(23)10(8-11)9-12-5-7-16(25-12)18(24)22-17-13(20)2-1-3-14(17)21/h2-9H,10H2,1H3,(H,24,26);1-8,23H,9H2,(H,22,24). The first kappa shape index (κ1) is 38.2. The van der Waals surface area contributed by atoms with Crippen molar-refractivity contribution in [2.45, 2.75) is 19.8 Å². The maximum atomic E-state index is 13.7. The lowest BCUT2D eigenvalue weighted by Gasteiger charge is -2.08. The van der Waals surface area contributed by atoms with Gasteiger partial charge in [-0.1, -0.05) is 35.3 Å². The lowest BCUT2D eigenvalue weighted by Crippen LogP contribution is -2.13. The molecule has 3 N–H and O–H groups in total. The third kappa shape index (κ3) is 10.1. The molecule has 53 heavy (non-hydrogen) atoms. The van der Waals surface area contributed by atoms with Crippen LogP contribution in [0, 0.1) is 23.3 Å². The Morgan fingerprint density at radius 1 is 0.642 bits per heavy atom. The summed E-state index contributed by atoms with van der Waals surface area (Å²) in [4.78, 5) is 35.6. The molecular formula is C38H26Cl2F4N2O7. The van der Waals surface area contributed by atoms with Gasteiger partial charge < -0.3 is 29.3 Å². The van der Waals surface area contributed by atoms with E-state index in [1.54, 1.807) is 30.3 Å². The number of hydrogen-bond donors (Lipinski definition) is 3. The van der Waals surface area contributed by atoms with Gasteiger partial charge in [-0.3, -0.25) is 14.4 Å². The number of carbonyl (C=O) groups excluding carboxylic acids is 3. The van der Waals surface area contributed by atoms with E-state index in [1.165, 1.54) is 49.4 Å². The summed E-state index contributed by atoms with van der Waals surface area (Å²) in [7, 11) is 0. The quantitative estimate of drug-likeness (QED) is 0.0758. The highest BCUT2D eigenvalue weighted by Crippen LogP contribution is 2.28. The molecular weight excluding hydrogens is 743 g/mol. The lowest BCUT2D eigenvalue weighted by molar-refractivity contribution is -0.131. The first-order valence-corrected chi connectivity index (χ1v) is 16.2. The molecule has 272 valence electrons. The normalized spacial score (nSPS) is 10.6. The number of para-hydroxylation sites is 2. The first-order valence-electron chi connectivity index (χ1n) is 15.4. The second-order valence-corrected chi connectivity index (χ2v) is 12.0. The minimum atomic E-state index is -0.898. The number of ether oxygens (including phenoxy) is 1. The van der Waals surface area contributed by atoms with Gasteiger partial charge in [0.25, 0.3) is 11.8 Å². The predicted molar refractivity (Wildman–Crippen MR) is 188 cm³/mol. The van der Waals surface area contributed by atoms with E-state index in [0.29, 0.717) is 38.4 Å². The number of anilines is 2. The fourth-order valence-electron chi connectivity index (χ4n) is 4.79. The van der Waals surface area contributed by atoms with Crippen molar-refractivity contribution in [3.8, 4) is 11.5 Å². The van der Waals surface area contributed by atoms with E-state index in [9.17, 15) is 37.1 Å². The molecule has 0 bridgehead atoms. The average molecular weight is 770 g/mol. The van der Waals surface area contributed by atoms with E-state index in [1.807, 2.05) is 0 Å². The maximum absolute atomic E-state index is 13.7. The summed E-state index contributed by atoms with van der Waals surface area (Å²) in [6.07, 6.45) is 0.387. The third-order valence-corrected chi connectivity index (χ3v) is 7.69. The van der Waals surface area contributed by atoms with Crippen LogP contribution in [0.2, 0.25) is 10.0 Å². The Balaban J connectivity index is 0.000000206.